The molecule has 0 aromatic carbocycles. The van der Waals surface area contributed by atoms with E-state index in [1.807, 2.05) is 20.8 Å². The fourth-order valence-corrected chi connectivity index (χ4v) is 3.54. The number of ether oxygens (including phenoxy) is 8. The van der Waals surface area contributed by atoms with Crippen LogP contribution < -0.4 is 0 Å². The van der Waals surface area contributed by atoms with Crippen LogP contribution in [0.1, 0.15) is 103 Å². The van der Waals surface area contributed by atoms with E-state index in [-0.39, 0.29) is 105 Å². The lowest BCUT2D eigenvalue weighted by Crippen LogP contribution is -2.40. The van der Waals surface area contributed by atoms with Crippen molar-refractivity contribution in [3.8, 4) is 0 Å². The highest BCUT2D eigenvalue weighted by atomic mass is 16.6. The molecule has 0 bridgehead atoms. The van der Waals surface area contributed by atoms with E-state index >= 15 is 0 Å². The maximum atomic E-state index is 12.2. The Morgan fingerprint density at radius 3 is 1.08 bits per heavy atom. The van der Waals surface area contributed by atoms with E-state index in [2.05, 4.69) is 0 Å². The Labute approximate surface area is 318 Å². The van der Waals surface area contributed by atoms with Gasteiger partial charge in [-0.15, -0.1) is 0 Å². The molecule has 0 rings (SSSR count). The van der Waals surface area contributed by atoms with Crippen molar-refractivity contribution in [2.75, 3.05) is 85.6 Å². The second-order valence-electron chi connectivity index (χ2n) is 15.4. The molecular weight excluding hydrogens is 696 g/mol. The predicted octanol–water partition coefficient (Wildman–Crippen LogP) is 4.80. The third kappa shape index (κ3) is 38.5. The Hall–Kier alpha value is -3.05. The number of nitrogens with zero attached hydrogens (tertiary/aromatic N) is 2. The molecule has 16 heteroatoms. The minimum atomic E-state index is -0.615. The van der Waals surface area contributed by atoms with Crippen LogP contribution in [-0.4, -0.2) is 153 Å². The maximum absolute atomic E-state index is 12.2. The zero-order chi connectivity index (χ0) is 40.4. The molecule has 0 radical (unpaired) electrons. The molecule has 53 heavy (non-hydrogen) atoms. The standard InChI is InChI=1S/C18H35NO7.C18H33NO7.CH4/c2*1-17(2,3)25-15(21)7-11-23-12-8-19(9-13-24-14-10-20)16(22)26-18(4,5)6;/h20H,7-14H2,1-6H3;10H,7-9,11-14H2,1-6H3;1H4. The summed E-state index contributed by atoms with van der Waals surface area (Å²) in [4.78, 5) is 60.8. The summed E-state index contributed by atoms with van der Waals surface area (Å²) in [5.74, 6) is -0.650. The van der Waals surface area contributed by atoms with Crippen LogP contribution in [0.3, 0.4) is 0 Å². The number of carbonyl (C=O) groups is 5. The van der Waals surface area contributed by atoms with Gasteiger partial charge in [0.25, 0.3) is 0 Å². The number of aldehydes is 1. The zero-order valence-electron chi connectivity index (χ0n) is 33.8. The summed E-state index contributed by atoms with van der Waals surface area (Å²) >= 11 is 0. The largest absolute Gasteiger partial charge is 0.460 e. The molecule has 1 N–H and O–H groups in total. The fraction of sp³-hybridized carbons (Fsp3) is 0.865. The summed E-state index contributed by atoms with van der Waals surface area (Å²) in [5, 5.41) is 8.72. The highest BCUT2D eigenvalue weighted by Crippen LogP contribution is 2.12. The minimum Gasteiger partial charge on any atom is -0.460 e. The van der Waals surface area contributed by atoms with Crippen LogP contribution >= 0.6 is 0 Å². The zero-order valence-corrected chi connectivity index (χ0v) is 33.8. The lowest BCUT2D eigenvalue weighted by Gasteiger charge is -2.27. The Morgan fingerprint density at radius 1 is 0.491 bits per heavy atom. The van der Waals surface area contributed by atoms with Crippen LogP contribution in [0.15, 0.2) is 0 Å². The molecule has 0 atom stereocenters. The number of hydrogen-bond donors (Lipinski definition) is 1. The molecule has 0 unspecified atom stereocenters. The van der Waals surface area contributed by atoms with E-state index in [0.717, 1.165) is 0 Å². The third-order valence-electron chi connectivity index (χ3n) is 5.49. The van der Waals surface area contributed by atoms with Crippen molar-refractivity contribution in [1.29, 1.82) is 0 Å². The van der Waals surface area contributed by atoms with Gasteiger partial charge in [0.05, 0.1) is 65.7 Å². The number of carbonyl (C=O) groups excluding carboxylic acids is 5. The average molecular weight is 769 g/mol. The van der Waals surface area contributed by atoms with Crippen molar-refractivity contribution < 1.29 is 67.0 Å². The van der Waals surface area contributed by atoms with Gasteiger partial charge in [0.2, 0.25) is 0 Å². The van der Waals surface area contributed by atoms with Crippen molar-refractivity contribution in [2.24, 2.45) is 0 Å². The van der Waals surface area contributed by atoms with Gasteiger partial charge in [0.15, 0.2) is 0 Å². The lowest BCUT2D eigenvalue weighted by molar-refractivity contribution is -0.157. The second kappa shape index (κ2) is 28.4. The van der Waals surface area contributed by atoms with E-state index in [1.54, 1.807) is 62.3 Å². The molecule has 0 spiro atoms. The fourth-order valence-electron chi connectivity index (χ4n) is 3.54. The molecule has 0 aliphatic rings. The van der Waals surface area contributed by atoms with E-state index in [1.165, 1.54) is 9.80 Å². The van der Waals surface area contributed by atoms with Gasteiger partial charge in [-0.2, -0.15) is 0 Å². The van der Waals surface area contributed by atoms with Gasteiger partial charge in [-0.1, -0.05) is 7.43 Å². The lowest BCUT2D eigenvalue weighted by atomic mass is 10.2. The first-order chi connectivity index (χ1) is 23.9. The van der Waals surface area contributed by atoms with Crippen LogP contribution in [0.2, 0.25) is 0 Å². The summed E-state index contributed by atoms with van der Waals surface area (Å²) in [6.45, 7) is 24.3. The number of hydrogen-bond acceptors (Lipinski definition) is 14. The van der Waals surface area contributed by atoms with Crippen molar-refractivity contribution in [3.05, 3.63) is 0 Å². The van der Waals surface area contributed by atoms with Crippen LogP contribution in [0.5, 0.6) is 0 Å². The quantitative estimate of drug-likeness (QED) is 0.0685. The molecule has 16 nitrogen and oxygen atoms in total. The first-order valence-corrected chi connectivity index (χ1v) is 17.6. The smallest absolute Gasteiger partial charge is 0.410 e. The molecule has 0 aromatic heterocycles. The second-order valence-corrected chi connectivity index (χ2v) is 15.4. The SMILES string of the molecule is C.CC(C)(C)OC(=O)CCOCCN(CCOCC=O)C(=O)OC(C)(C)C.CC(C)(C)OC(=O)CCOCCN(CCOCCO)C(=O)OC(C)(C)C. The minimum absolute atomic E-state index is 0. The summed E-state index contributed by atoms with van der Waals surface area (Å²) in [7, 11) is 0. The Kier molecular flexibility index (Phi) is 29.1. The molecule has 0 saturated carbocycles. The summed E-state index contributed by atoms with van der Waals surface area (Å²) in [6.07, 6.45) is 0.0105. The molecular formula is C37H72N2O14. The Morgan fingerprint density at radius 2 is 0.792 bits per heavy atom. The predicted molar refractivity (Wildman–Crippen MR) is 200 cm³/mol. The topological polar surface area (TPSA) is 186 Å². The molecule has 0 heterocycles. The average Bonchev–Trinajstić information content (AvgIpc) is 2.95. The highest BCUT2D eigenvalue weighted by molar-refractivity contribution is 5.70. The van der Waals surface area contributed by atoms with Gasteiger partial charge < -0.3 is 57.6 Å². The van der Waals surface area contributed by atoms with Crippen LogP contribution in [-0.2, 0) is 52.3 Å². The first kappa shape index (κ1) is 54.3. The van der Waals surface area contributed by atoms with Crippen LogP contribution in [0, 0.1) is 0 Å². The Bertz CT molecular complexity index is 1010. The summed E-state index contributed by atoms with van der Waals surface area (Å²) < 4.78 is 42.2. The van der Waals surface area contributed by atoms with Crippen molar-refractivity contribution in [2.45, 2.75) is 126 Å². The van der Waals surface area contributed by atoms with Gasteiger partial charge in [-0.3, -0.25) is 9.59 Å². The van der Waals surface area contributed by atoms with Gasteiger partial charge in [-0.05, 0) is 83.1 Å². The van der Waals surface area contributed by atoms with Crippen molar-refractivity contribution in [1.82, 2.24) is 9.80 Å². The summed E-state index contributed by atoms with van der Waals surface area (Å²) in [5.41, 5.74) is -2.25. The number of esters is 2. The van der Waals surface area contributed by atoms with Crippen LogP contribution in [0.25, 0.3) is 0 Å². The van der Waals surface area contributed by atoms with Gasteiger partial charge in [-0.25, -0.2) is 9.59 Å². The normalized spacial score (nSPS) is 11.6. The third-order valence-corrected chi connectivity index (χ3v) is 5.49. The molecule has 314 valence electrons. The summed E-state index contributed by atoms with van der Waals surface area (Å²) in [6, 6.07) is 0. The highest BCUT2D eigenvalue weighted by Gasteiger charge is 2.23. The maximum Gasteiger partial charge on any atom is 0.410 e. The number of rotatable bonds is 22. The monoisotopic (exact) mass is 768 g/mol. The van der Waals surface area contributed by atoms with Crippen molar-refractivity contribution >= 4 is 30.4 Å². The van der Waals surface area contributed by atoms with Gasteiger partial charge in [0, 0.05) is 26.2 Å². The molecule has 0 fully saturated rings. The number of amides is 2. The molecule has 0 aromatic rings. The molecule has 0 aliphatic heterocycles. The number of aliphatic hydroxyl groups excluding tert-OH is 1. The van der Waals surface area contributed by atoms with Crippen LogP contribution in [0.4, 0.5) is 9.59 Å². The molecule has 2 amide bonds. The van der Waals surface area contributed by atoms with E-state index in [9.17, 15) is 24.0 Å². The van der Waals surface area contributed by atoms with Crippen molar-refractivity contribution in [3.63, 3.8) is 0 Å². The first-order valence-electron chi connectivity index (χ1n) is 17.6. The van der Waals surface area contributed by atoms with E-state index in [0.29, 0.717) is 19.4 Å². The molecule has 0 saturated heterocycles. The number of aliphatic hydroxyl groups is 1. The van der Waals surface area contributed by atoms with Gasteiger partial charge in [0.1, 0.15) is 35.3 Å². The molecule has 0 aliphatic carbocycles. The van der Waals surface area contributed by atoms with E-state index in [4.69, 9.17) is 43.0 Å². The van der Waals surface area contributed by atoms with Gasteiger partial charge >= 0.3 is 24.1 Å². The Balaban J connectivity index is -0.000000926. The van der Waals surface area contributed by atoms with E-state index < -0.39 is 34.6 Å².